The van der Waals surface area contributed by atoms with Crippen molar-refractivity contribution in [2.45, 2.75) is 32.2 Å². The van der Waals surface area contributed by atoms with Crippen LogP contribution in [0.4, 0.5) is 20.3 Å². The molecule has 17 heteroatoms. The minimum Gasteiger partial charge on any atom is -0.436 e. The molecule has 0 bridgehead atoms. The minimum absolute atomic E-state index is 0.0352. The van der Waals surface area contributed by atoms with E-state index in [2.05, 4.69) is 41.2 Å². The first-order valence-corrected chi connectivity index (χ1v) is 15.7. The highest BCUT2D eigenvalue weighted by Crippen LogP contribution is 2.33. The van der Waals surface area contributed by atoms with Crippen molar-refractivity contribution in [1.82, 2.24) is 40.3 Å². The van der Waals surface area contributed by atoms with Gasteiger partial charge in [0.05, 0.1) is 17.9 Å². The van der Waals surface area contributed by atoms with Gasteiger partial charge in [-0.05, 0) is 55.2 Å². The van der Waals surface area contributed by atoms with E-state index in [-0.39, 0.29) is 53.8 Å². The van der Waals surface area contributed by atoms with Crippen LogP contribution in [0.3, 0.4) is 0 Å². The monoisotopic (exact) mass is 686 g/mol. The van der Waals surface area contributed by atoms with E-state index in [0.29, 0.717) is 48.5 Å². The van der Waals surface area contributed by atoms with Crippen LogP contribution in [0, 0.1) is 17.0 Å². The molecule has 15 nitrogen and oxygen atoms in total. The number of imidazole rings is 1. The van der Waals surface area contributed by atoms with Crippen molar-refractivity contribution in [2.75, 3.05) is 25.0 Å². The van der Waals surface area contributed by atoms with Crippen LogP contribution in [0.25, 0.3) is 16.9 Å². The maximum atomic E-state index is 15.3. The van der Waals surface area contributed by atoms with Gasteiger partial charge in [-0.15, -0.1) is 0 Å². The minimum atomic E-state index is -1.18. The van der Waals surface area contributed by atoms with E-state index in [1.165, 1.54) is 43.1 Å². The number of benzene rings is 2. The number of carbonyl (C=O) groups is 2. The van der Waals surface area contributed by atoms with Crippen LogP contribution in [0.2, 0.25) is 0 Å². The van der Waals surface area contributed by atoms with Gasteiger partial charge in [0.25, 0.3) is 5.91 Å². The van der Waals surface area contributed by atoms with Crippen molar-refractivity contribution in [3.63, 3.8) is 0 Å². The summed E-state index contributed by atoms with van der Waals surface area (Å²) in [5.74, 6) is -2.98. The molecule has 0 saturated carbocycles. The molecule has 2 amide bonds. The van der Waals surface area contributed by atoms with Gasteiger partial charge in [0.2, 0.25) is 17.6 Å². The fourth-order valence-electron chi connectivity index (χ4n) is 5.05. The standard InChI is InChI=1S/C33H36F2N12O3/c1-2-19-16-20(5-6-21(19)31(48)41-12-13-42-32(49)23(36)4-3-10-43-33(37)38)46-29-30-44-17-24(47(30)15-14-40-29)22-7-8-25(28(35)27(22)34)50-26-9-11-39-18-45-26/h5-9,11,14-18,23H,2-4,10,12-13,36H2,1H3,(H,40,46)(H,41,48)(H,42,49)(H4,37,38,43). The molecule has 0 aliphatic rings. The first-order chi connectivity index (χ1) is 24.2. The Labute approximate surface area is 285 Å². The highest BCUT2D eigenvalue weighted by molar-refractivity contribution is 5.96. The van der Waals surface area contributed by atoms with Gasteiger partial charge < -0.3 is 37.5 Å². The number of nitrogens with zero attached hydrogens (tertiary/aromatic N) is 5. The topological polar surface area (TPSA) is 223 Å². The molecule has 5 rings (SSSR count). The number of nitrogens with one attached hydrogen (secondary N) is 5. The Morgan fingerprint density at radius 2 is 1.82 bits per heavy atom. The molecule has 0 saturated heterocycles. The normalized spacial score (nSPS) is 11.5. The SMILES string of the molecule is CCc1cc(Nc2nccn3c(-c4ccc(Oc5ccncn5)c(F)c4F)cnc23)ccc1C(=O)NCCNC(=O)C(N)CCCNC(=N)N. The average molecular weight is 687 g/mol. The molecule has 0 aliphatic carbocycles. The summed E-state index contributed by atoms with van der Waals surface area (Å²) in [5.41, 5.74) is 13.6. The van der Waals surface area contributed by atoms with E-state index in [1.807, 2.05) is 13.0 Å². The predicted molar refractivity (Wildman–Crippen MR) is 182 cm³/mol. The van der Waals surface area contributed by atoms with Gasteiger partial charge >= 0.3 is 0 Å². The molecule has 0 spiro atoms. The van der Waals surface area contributed by atoms with Crippen molar-refractivity contribution in [3.05, 3.63) is 90.3 Å². The van der Waals surface area contributed by atoms with E-state index < -0.39 is 17.7 Å². The Bertz CT molecular complexity index is 1990. The van der Waals surface area contributed by atoms with Gasteiger partial charge in [-0.1, -0.05) is 6.92 Å². The van der Waals surface area contributed by atoms with Crippen molar-refractivity contribution in [2.24, 2.45) is 11.5 Å². The molecule has 3 heterocycles. The van der Waals surface area contributed by atoms with E-state index in [0.717, 1.165) is 5.56 Å². The summed E-state index contributed by atoms with van der Waals surface area (Å²) in [4.78, 5) is 41.7. The number of nitrogens with two attached hydrogens (primary N) is 2. The lowest BCUT2D eigenvalue weighted by molar-refractivity contribution is -0.122. The smallest absolute Gasteiger partial charge is 0.251 e. The van der Waals surface area contributed by atoms with Crippen molar-refractivity contribution >= 4 is 34.9 Å². The average Bonchev–Trinajstić information content (AvgIpc) is 3.55. The zero-order valence-electron chi connectivity index (χ0n) is 27.0. The molecule has 0 fully saturated rings. The summed E-state index contributed by atoms with van der Waals surface area (Å²) in [6, 6.07) is 8.63. The molecule has 2 aromatic carbocycles. The number of hydrogen-bond acceptors (Lipinski definition) is 10. The second kappa shape index (κ2) is 16.2. The number of fused-ring (bicyclic) bond motifs is 1. The molecular weight excluding hydrogens is 650 g/mol. The lowest BCUT2D eigenvalue weighted by Gasteiger charge is -2.14. The Morgan fingerprint density at radius 3 is 2.58 bits per heavy atom. The third-order valence-electron chi connectivity index (χ3n) is 7.57. The lowest BCUT2D eigenvalue weighted by Crippen LogP contribution is -2.44. The molecule has 3 aromatic heterocycles. The molecule has 5 aromatic rings. The molecule has 50 heavy (non-hydrogen) atoms. The lowest BCUT2D eigenvalue weighted by atomic mass is 10.0. The van der Waals surface area contributed by atoms with Gasteiger partial charge in [0.15, 0.2) is 29.0 Å². The summed E-state index contributed by atoms with van der Waals surface area (Å²) in [6.07, 6.45) is 8.69. The first kappa shape index (κ1) is 35.1. The van der Waals surface area contributed by atoms with Gasteiger partial charge in [-0.2, -0.15) is 4.39 Å². The number of hydrogen-bond donors (Lipinski definition) is 7. The largest absolute Gasteiger partial charge is 0.436 e. The first-order valence-electron chi connectivity index (χ1n) is 15.7. The van der Waals surface area contributed by atoms with Crippen LogP contribution < -0.4 is 37.5 Å². The summed E-state index contributed by atoms with van der Waals surface area (Å²) in [6.45, 7) is 2.76. The van der Waals surface area contributed by atoms with Crippen molar-refractivity contribution in [1.29, 1.82) is 5.41 Å². The number of aryl methyl sites for hydroxylation is 1. The van der Waals surface area contributed by atoms with Gasteiger partial charge in [-0.25, -0.2) is 24.3 Å². The number of halogens is 2. The molecule has 0 aliphatic heterocycles. The van der Waals surface area contributed by atoms with E-state index in [4.69, 9.17) is 21.6 Å². The van der Waals surface area contributed by atoms with Gasteiger partial charge in [0.1, 0.15) is 6.33 Å². The van der Waals surface area contributed by atoms with Gasteiger partial charge in [-0.3, -0.25) is 19.4 Å². The summed E-state index contributed by atoms with van der Waals surface area (Å²) >= 11 is 0. The van der Waals surface area contributed by atoms with Gasteiger partial charge in [0, 0.05) is 61.1 Å². The summed E-state index contributed by atoms with van der Waals surface area (Å²) < 4.78 is 37.3. The van der Waals surface area contributed by atoms with Crippen LogP contribution in [0.5, 0.6) is 11.6 Å². The number of rotatable bonds is 15. The number of guanidine groups is 1. The zero-order valence-corrected chi connectivity index (χ0v) is 27.0. The van der Waals surface area contributed by atoms with Crippen LogP contribution in [-0.2, 0) is 11.2 Å². The quantitative estimate of drug-likeness (QED) is 0.0482. The highest BCUT2D eigenvalue weighted by Gasteiger charge is 2.21. The van der Waals surface area contributed by atoms with E-state index in [9.17, 15) is 9.59 Å². The van der Waals surface area contributed by atoms with Crippen molar-refractivity contribution < 1.29 is 23.1 Å². The Hall–Kier alpha value is -6.23. The van der Waals surface area contributed by atoms with E-state index in [1.54, 1.807) is 22.7 Å². The maximum Gasteiger partial charge on any atom is 0.251 e. The van der Waals surface area contributed by atoms with Crippen LogP contribution >= 0.6 is 0 Å². The molecule has 1 atom stereocenters. The number of aromatic nitrogens is 5. The molecule has 260 valence electrons. The molecule has 0 radical (unpaired) electrons. The number of anilines is 2. The maximum absolute atomic E-state index is 15.3. The fourth-order valence-corrected chi connectivity index (χ4v) is 5.05. The summed E-state index contributed by atoms with van der Waals surface area (Å²) in [7, 11) is 0. The number of ether oxygens (including phenoxy) is 1. The fraction of sp³-hybridized carbons (Fsp3) is 0.242. The Kier molecular flexibility index (Phi) is 11.4. The molecule has 9 N–H and O–H groups in total. The third-order valence-corrected chi connectivity index (χ3v) is 7.57. The number of amides is 2. The van der Waals surface area contributed by atoms with Crippen LogP contribution in [0.15, 0.2) is 67.5 Å². The second-order valence-electron chi connectivity index (χ2n) is 11.0. The van der Waals surface area contributed by atoms with Crippen LogP contribution in [0.1, 0.15) is 35.7 Å². The Morgan fingerprint density at radius 1 is 1.00 bits per heavy atom. The zero-order chi connectivity index (χ0) is 35.6. The Balaban J connectivity index is 1.22. The van der Waals surface area contributed by atoms with Crippen LogP contribution in [-0.4, -0.2) is 67.8 Å². The van der Waals surface area contributed by atoms with E-state index >= 15 is 8.78 Å². The summed E-state index contributed by atoms with van der Waals surface area (Å²) in [5, 5.41) is 18.5. The second-order valence-corrected chi connectivity index (χ2v) is 11.0. The van der Waals surface area contributed by atoms with Crippen molar-refractivity contribution in [3.8, 4) is 22.9 Å². The number of carbonyl (C=O) groups excluding carboxylic acids is 2. The predicted octanol–water partition coefficient (Wildman–Crippen LogP) is 3.00. The third kappa shape index (κ3) is 8.43. The molecular formula is C33H36F2N12O3. The molecule has 1 unspecified atom stereocenters. The highest BCUT2D eigenvalue weighted by atomic mass is 19.2.